The Morgan fingerprint density at radius 3 is 2.93 bits per heavy atom. The summed E-state index contributed by atoms with van der Waals surface area (Å²) in [4.78, 5) is 26.0. The first kappa shape index (κ1) is 18.0. The van der Waals surface area contributed by atoms with E-state index in [9.17, 15) is 4.79 Å². The average molecular weight is 403 g/mol. The molecule has 4 aromatic rings. The molecular weight excluding hydrogens is 386 g/mol. The van der Waals surface area contributed by atoms with Crippen molar-refractivity contribution in [2.24, 2.45) is 0 Å². The Morgan fingerprint density at radius 1 is 1.30 bits per heavy atom. The molecule has 0 bridgehead atoms. The summed E-state index contributed by atoms with van der Waals surface area (Å²) in [6, 6.07) is 7.25. The lowest BCUT2D eigenvalue weighted by Gasteiger charge is -2.26. The Morgan fingerprint density at radius 2 is 2.20 bits per heavy atom. The molecule has 1 aliphatic heterocycles. The molecule has 1 aliphatic rings. The van der Waals surface area contributed by atoms with E-state index in [-0.39, 0.29) is 6.61 Å². The normalized spacial score (nSPS) is 15.7. The van der Waals surface area contributed by atoms with Gasteiger partial charge >= 0.3 is 5.97 Å². The molecule has 30 heavy (non-hydrogen) atoms. The van der Waals surface area contributed by atoms with Crippen LogP contribution in [0.15, 0.2) is 65.0 Å². The third-order valence-corrected chi connectivity index (χ3v) is 4.84. The van der Waals surface area contributed by atoms with Crippen molar-refractivity contribution < 1.29 is 18.7 Å². The molecule has 0 spiro atoms. The first-order chi connectivity index (χ1) is 14.7. The summed E-state index contributed by atoms with van der Waals surface area (Å²) >= 11 is 0. The molecule has 0 saturated carbocycles. The zero-order chi connectivity index (χ0) is 20.7. The van der Waals surface area contributed by atoms with Crippen LogP contribution in [0.25, 0.3) is 17.0 Å². The summed E-state index contributed by atoms with van der Waals surface area (Å²) in [6.07, 6.45) is 6.45. The van der Waals surface area contributed by atoms with Gasteiger partial charge in [-0.2, -0.15) is 0 Å². The number of esters is 1. The number of carbonyl (C=O) groups excluding carboxylic acids is 1. The third kappa shape index (κ3) is 2.83. The fourth-order valence-corrected chi connectivity index (χ4v) is 3.57. The van der Waals surface area contributed by atoms with Gasteiger partial charge in [0.05, 0.1) is 29.9 Å². The highest BCUT2D eigenvalue weighted by molar-refractivity contribution is 5.93. The molecule has 0 radical (unpaired) electrons. The van der Waals surface area contributed by atoms with Gasteiger partial charge in [-0.1, -0.05) is 0 Å². The second-order valence-corrected chi connectivity index (χ2v) is 6.65. The molecule has 9 heteroatoms. The molecule has 0 N–H and O–H groups in total. The lowest BCUT2D eigenvalue weighted by atomic mass is 9.87. The number of aromatic nitrogens is 5. The van der Waals surface area contributed by atoms with Gasteiger partial charge in [-0.05, 0) is 38.1 Å². The van der Waals surface area contributed by atoms with Gasteiger partial charge in [-0.25, -0.2) is 19.3 Å². The van der Waals surface area contributed by atoms with Crippen LogP contribution in [-0.4, -0.2) is 37.1 Å². The maximum atomic E-state index is 12.8. The van der Waals surface area contributed by atoms with Crippen molar-refractivity contribution in [3.05, 3.63) is 71.9 Å². The molecule has 5 heterocycles. The van der Waals surface area contributed by atoms with Gasteiger partial charge in [0.25, 0.3) is 0 Å². The van der Waals surface area contributed by atoms with Crippen LogP contribution < -0.4 is 4.74 Å². The Hall–Kier alpha value is -4.01. The molecule has 9 nitrogen and oxygen atoms in total. The van der Waals surface area contributed by atoms with Gasteiger partial charge in [0, 0.05) is 18.0 Å². The molecule has 5 rings (SSSR count). The van der Waals surface area contributed by atoms with Gasteiger partial charge in [0.1, 0.15) is 17.8 Å². The lowest BCUT2D eigenvalue weighted by molar-refractivity contribution is -0.139. The van der Waals surface area contributed by atoms with Gasteiger partial charge < -0.3 is 13.9 Å². The van der Waals surface area contributed by atoms with Gasteiger partial charge in [0.2, 0.25) is 5.88 Å². The Labute approximate surface area is 171 Å². The monoisotopic (exact) mass is 403 g/mol. The summed E-state index contributed by atoms with van der Waals surface area (Å²) in [5, 5.41) is 4.52. The van der Waals surface area contributed by atoms with Crippen LogP contribution in [0.2, 0.25) is 0 Å². The predicted octanol–water partition coefficient (Wildman–Crippen LogP) is 3.14. The SMILES string of the molecule is CCOC(=O)C1=C(C)Oc2ncn3nc(-c4cccnc4)nc3c2[C@H]1c1ccco1. The third-order valence-electron chi connectivity index (χ3n) is 4.84. The topological polar surface area (TPSA) is 105 Å². The molecule has 1 atom stereocenters. The highest BCUT2D eigenvalue weighted by Gasteiger charge is 2.39. The van der Waals surface area contributed by atoms with Crippen molar-refractivity contribution in [1.82, 2.24) is 24.6 Å². The summed E-state index contributed by atoms with van der Waals surface area (Å²) in [6.45, 7) is 3.71. The number of furan rings is 1. The van der Waals surface area contributed by atoms with Crippen LogP contribution in [0, 0.1) is 0 Å². The van der Waals surface area contributed by atoms with Crippen LogP contribution in [0.5, 0.6) is 5.88 Å². The van der Waals surface area contributed by atoms with Gasteiger partial charge in [-0.3, -0.25) is 4.98 Å². The first-order valence-electron chi connectivity index (χ1n) is 9.42. The number of carbonyl (C=O) groups is 1. The molecule has 0 saturated heterocycles. The number of nitrogens with zero attached hydrogens (tertiary/aromatic N) is 5. The Balaban J connectivity index is 1.75. The zero-order valence-electron chi connectivity index (χ0n) is 16.3. The first-order valence-corrected chi connectivity index (χ1v) is 9.42. The standard InChI is InChI=1S/C21H17N5O4/c1-3-28-21(27)15-12(2)30-20-17(16(15)14-7-5-9-29-14)19-24-18(25-26(19)11-23-20)13-6-4-8-22-10-13/h4-11,16H,3H2,1-2H3/t16-/m0/s1. The maximum Gasteiger partial charge on any atom is 0.338 e. The van der Waals surface area contributed by atoms with Crippen molar-refractivity contribution >= 4 is 11.6 Å². The molecule has 0 aromatic carbocycles. The number of rotatable bonds is 4. The van der Waals surface area contributed by atoms with Crippen molar-refractivity contribution in [3.63, 3.8) is 0 Å². The Bertz CT molecular complexity index is 1260. The zero-order valence-corrected chi connectivity index (χ0v) is 16.3. The van der Waals surface area contributed by atoms with Crippen LogP contribution in [0.4, 0.5) is 0 Å². The van der Waals surface area contributed by atoms with E-state index in [1.807, 2.05) is 12.1 Å². The van der Waals surface area contributed by atoms with Gasteiger partial charge in [0.15, 0.2) is 11.5 Å². The van der Waals surface area contributed by atoms with Gasteiger partial charge in [-0.15, -0.1) is 5.10 Å². The van der Waals surface area contributed by atoms with E-state index in [0.717, 1.165) is 5.56 Å². The quantitative estimate of drug-likeness (QED) is 0.479. The van der Waals surface area contributed by atoms with E-state index < -0.39 is 11.9 Å². The number of hydrogen-bond acceptors (Lipinski definition) is 8. The maximum absolute atomic E-state index is 12.8. The van der Waals surface area contributed by atoms with Crippen LogP contribution >= 0.6 is 0 Å². The summed E-state index contributed by atoms with van der Waals surface area (Å²) in [7, 11) is 0. The number of pyridine rings is 1. The average Bonchev–Trinajstić information content (AvgIpc) is 3.43. The molecule has 150 valence electrons. The predicted molar refractivity (Wildman–Crippen MR) is 105 cm³/mol. The largest absolute Gasteiger partial charge is 0.468 e. The number of allylic oxidation sites excluding steroid dienone is 1. The van der Waals surface area contributed by atoms with E-state index in [0.29, 0.717) is 40.0 Å². The van der Waals surface area contributed by atoms with Crippen molar-refractivity contribution in [2.45, 2.75) is 19.8 Å². The smallest absolute Gasteiger partial charge is 0.338 e. The molecular formula is C21H17N5O4. The van der Waals surface area contributed by atoms with Crippen molar-refractivity contribution in [3.8, 4) is 17.3 Å². The van der Waals surface area contributed by atoms with Crippen LogP contribution in [-0.2, 0) is 9.53 Å². The minimum absolute atomic E-state index is 0.242. The van der Waals surface area contributed by atoms with E-state index in [1.165, 1.54) is 6.33 Å². The second-order valence-electron chi connectivity index (χ2n) is 6.65. The number of fused-ring (bicyclic) bond motifs is 3. The second kappa shape index (κ2) is 7.11. The fourth-order valence-electron chi connectivity index (χ4n) is 3.57. The summed E-state index contributed by atoms with van der Waals surface area (Å²) in [5.74, 6) is 0.731. The van der Waals surface area contributed by atoms with E-state index >= 15 is 0 Å². The van der Waals surface area contributed by atoms with E-state index in [4.69, 9.17) is 18.9 Å². The number of ether oxygens (including phenoxy) is 2. The minimum atomic E-state index is -0.593. The van der Waals surface area contributed by atoms with Crippen LogP contribution in [0.1, 0.15) is 31.1 Å². The molecule has 4 aromatic heterocycles. The molecule has 0 unspecified atom stereocenters. The molecule has 0 aliphatic carbocycles. The summed E-state index contributed by atoms with van der Waals surface area (Å²) < 4.78 is 18.4. The minimum Gasteiger partial charge on any atom is -0.468 e. The van der Waals surface area contributed by atoms with E-state index in [2.05, 4.69) is 15.1 Å². The lowest BCUT2D eigenvalue weighted by Crippen LogP contribution is -2.24. The fraction of sp³-hybridized carbons (Fsp3) is 0.190. The van der Waals surface area contributed by atoms with Crippen molar-refractivity contribution in [2.75, 3.05) is 6.61 Å². The molecule has 0 fully saturated rings. The van der Waals surface area contributed by atoms with Crippen LogP contribution in [0.3, 0.4) is 0 Å². The summed E-state index contributed by atoms with van der Waals surface area (Å²) in [5.41, 5.74) is 2.21. The number of hydrogen-bond donors (Lipinski definition) is 0. The molecule has 0 amide bonds. The highest BCUT2D eigenvalue weighted by atomic mass is 16.5. The van der Waals surface area contributed by atoms with E-state index in [1.54, 1.807) is 49.2 Å². The van der Waals surface area contributed by atoms with Crippen molar-refractivity contribution in [1.29, 1.82) is 0 Å². The Kier molecular flexibility index (Phi) is 4.27. The highest BCUT2D eigenvalue weighted by Crippen LogP contribution is 2.44.